The molecule has 0 aliphatic carbocycles. The molecule has 0 saturated carbocycles. The second-order valence-electron chi connectivity index (χ2n) is 5.66. The predicted octanol–water partition coefficient (Wildman–Crippen LogP) is 2.85. The monoisotopic (exact) mass is 369 g/mol. The largest absolute Gasteiger partial charge is 0.481 e. The maximum atomic E-state index is 12.4. The number of benzene rings is 1. The van der Waals surface area contributed by atoms with Crippen LogP contribution in [0, 0.1) is 12.8 Å². The molecule has 2 unspecified atom stereocenters. The van der Waals surface area contributed by atoms with Crippen LogP contribution in [0.15, 0.2) is 22.7 Å². The van der Waals surface area contributed by atoms with Crippen LogP contribution < -0.4 is 4.74 Å². The molecule has 0 aromatic heterocycles. The second kappa shape index (κ2) is 7.13. The number of amides is 1. The Kier molecular flexibility index (Phi) is 5.45. The van der Waals surface area contributed by atoms with Gasteiger partial charge in [0.2, 0.25) is 0 Å². The zero-order chi connectivity index (χ0) is 16.3. The molecule has 1 amide bonds. The van der Waals surface area contributed by atoms with Gasteiger partial charge in [0.05, 0.1) is 10.4 Å². The SMILES string of the molecule is Cc1ccc(OC(C)C(=O)N2CCCC(C(=O)O)C2)c(Br)c1. The minimum atomic E-state index is -0.840. The molecule has 1 aliphatic rings. The minimum Gasteiger partial charge on any atom is -0.481 e. The molecule has 0 bridgehead atoms. The van der Waals surface area contributed by atoms with Crippen molar-refractivity contribution in [3.05, 3.63) is 28.2 Å². The Morgan fingerprint density at radius 3 is 2.82 bits per heavy atom. The summed E-state index contributed by atoms with van der Waals surface area (Å²) in [6.45, 7) is 4.52. The van der Waals surface area contributed by atoms with Crippen LogP contribution >= 0.6 is 15.9 Å². The molecule has 1 N–H and O–H groups in total. The van der Waals surface area contributed by atoms with Crippen LogP contribution in [0.25, 0.3) is 0 Å². The van der Waals surface area contributed by atoms with Crippen molar-refractivity contribution in [2.45, 2.75) is 32.8 Å². The van der Waals surface area contributed by atoms with Crippen LogP contribution in [0.2, 0.25) is 0 Å². The molecule has 1 aliphatic heterocycles. The van der Waals surface area contributed by atoms with Crippen molar-refractivity contribution in [1.82, 2.24) is 4.90 Å². The minimum absolute atomic E-state index is 0.168. The Bertz CT molecular complexity index is 575. The summed E-state index contributed by atoms with van der Waals surface area (Å²) in [5.41, 5.74) is 1.10. The predicted molar refractivity (Wildman–Crippen MR) is 85.9 cm³/mol. The van der Waals surface area contributed by atoms with Crippen molar-refractivity contribution in [3.8, 4) is 5.75 Å². The number of hydrogen-bond acceptors (Lipinski definition) is 3. The molecule has 1 aromatic rings. The van der Waals surface area contributed by atoms with Gasteiger partial charge in [-0.2, -0.15) is 0 Å². The van der Waals surface area contributed by atoms with E-state index in [0.717, 1.165) is 10.0 Å². The van der Waals surface area contributed by atoms with Gasteiger partial charge in [0.25, 0.3) is 5.91 Å². The number of carboxylic acid groups (broad SMARTS) is 1. The zero-order valence-corrected chi connectivity index (χ0v) is 14.3. The molecule has 2 atom stereocenters. The summed E-state index contributed by atoms with van der Waals surface area (Å²) in [5.74, 6) is -0.875. The molecule has 5 nitrogen and oxygen atoms in total. The van der Waals surface area contributed by atoms with Crippen LogP contribution in [0.3, 0.4) is 0 Å². The van der Waals surface area contributed by atoms with Gasteiger partial charge < -0.3 is 14.7 Å². The van der Waals surface area contributed by atoms with Gasteiger partial charge in [0.15, 0.2) is 6.10 Å². The number of halogens is 1. The van der Waals surface area contributed by atoms with Crippen LogP contribution in [0.5, 0.6) is 5.75 Å². The van der Waals surface area contributed by atoms with Gasteiger partial charge in [-0.05, 0) is 60.3 Å². The number of aliphatic carboxylic acids is 1. The maximum Gasteiger partial charge on any atom is 0.308 e. The number of carbonyl (C=O) groups excluding carboxylic acids is 1. The van der Waals surface area contributed by atoms with Crippen molar-refractivity contribution < 1.29 is 19.4 Å². The average Bonchev–Trinajstić information content (AvgIpc) is 2.49. The molecule has 120 valence electrons. The lowest BCUT2D eigenvalue weighted by atomic mass is 9.98. The summed E-state index contributed by atoms with van der Waals surface area (Å²) in [6, 6.07) is 5.66. The lowest BCUT2D eigenvalue weighted by Crippen LogP contribution is -2.47. The molecule has 1 heterocycles. The molecule has 22 heavy (non-hydrogen) atoms. The molecular weight excluding hydrogens is 350 g/mol. The Labute approximate surface area is 138 Å². The van der Waals surface area contributed by atoms with Gasteiger partial charge in [0.1, 0.15) is 5.75 Å². The first kappa shape index (κ1) is 16.8. The summed E-state index contributed by atoms with van der Waals surface area (Å²) in [4.78, 5) is 25.1. The Hall–Kier alpha value is -1.56. The molecule has 0 radical (unpaired) electrons. The molecule has 1 saturated heterocycles. The summed E-state index contributed by atoms with van der Waals surface area (Å²) in [5, 5.41) is 9.10. The first-order chi connectivity index (χ1) is 10.4. The summed E-state index contributed by atoms with van der Waals surface area (Å²) in [7, 11) is 0. The Morgan fingerprint density at radius 1 is 1.45 bits per heavy atom. The van der Waals surface area contributed by atoms with E-state index in [2.05, 4.69) is 15.9 Å². The van der Waals surface area contributed by atoms with Crippen molar-refractivity contribution in [1.29, 1.82) is 0 Å². The molecule has 2 rings (SSSR count). The van der Waals surface area contributed by atoms with Gasteiger partial charge in [-0.1, -0.05) is 6.07 Å². The van der Waals surface area contributed by atoms with E-state index in [-0.39, 0.29) is 12.5 Å². The zero-order valence-electron chi connectivity index (χ0n) is 12.7. The number of piperidine rings is 1. The Balaban J connectivity index is 2.01. The van der Waals surface area contributed by atoms with E-state index in [9.17, 15) is 9.59 Å². The number of likely N-dealkylation sites (tertiary alicyclic amines) is 1. The maximum absolute atomic E-state index is 12.4. The van der Waals surface area contributed by atoms with Crippen LogP contribution in [-0.2, 0) is 9.59 Å². The number of carboxylic acids is 1. The first-order valence-electron chi connectivity index (χ1n) is 7.33. The smallest absolute Gasteiger partial charge is 0.308 e. The third kappa shape index (κ3) is 4.00. The van der Waals surface area contributed by atoms with Crippen LogP contribution in [0.4, 0.5) is 0 Å². The highest BCUT2D eigenvalue weighted by Gasteiger charge is 2.31. The van der Waals surface area contributed by atoms with E-state index >= 15 is 0 Å². The normalized spacial score (nSPS) is 19.6. The van der Waals surface area contributed by atoms with E-state index < -0.39 is 18.0 Å². The fraction of sp³-hybridized carbons (Fsp3) is 0.500. The molecule has 1 aromatic carbocycles. The highest BCUT2D eigenvalue weighted by atomic mass is 79.9. The third-order valence-corrected chi connectivity index (χ3v) is 4.44. The van der Waals surface area contributed by atoms with E-state index in [1.807, 2.05) is 25.1 Å². The van der Waals surface area contributed by atoms with E-state index in [0.29, 0.717) is 25.1 Å². The average molecular weight is 370 g/mol. The fourth-order valence-electron chi connectivity index (χ4n) is 2.58. The number of aryl methyl sites for hydroxylation is 1. The summed E-state index contributed by atoms with van der Waals surface area (Å²) < 4.78 is 6.53. The molecule has 1 fully saturated rings. The topological polar surface area (TPSA) is 66.8 Å². The Morgan fingerprint density at radius 2 is 2.18 bits per heavy atom. The van der Waals surface area contributed by atoms with Gasteiger partial charge in [-0.25, -0.2) is 0 Å². The van der Waals surface area contributed by atoms with Gasteiger partial charge in [0, 0.05) is 13.1 Å². The fourth-order valence-corrected chi connectivity index (χ4v) is 3.17. The van der Waals surface area contributed by atoms with Crippen molar-refractivity contribution >= 4 is 27.8 Å². The number of ether oxygens (including phenoxy) is 1. The first-order valence-corrected chi connectivity index (χ1v) is 8.12. The third-order valence-electron chi connectivity index (χ3n) is 3.82. The molecule has 0 spiro atoms. The van der Waals surface area contributed by atoms with E-state index in [1.54, 1.807) is 11.8 Å². The van der Waals surface area contributed by atoms with Gasteiger partial charge in [-0.15, -0.1) is 0 Å². The van der Waals surface area contributed by atoms with Crippen LogP contribution in [-0.4, -0.2) is 41.1 Å². The molecule has 6 heteroatoms. The van der Waals surface area contributed by atoms with Gasteiger partial charge in [-0.3, -0.25) is 9.59 Å². The quantitative estimate of drug-likeness (QED) is 0.885. The standard InChI is InChI=1S/C16H20BrNO4/c1-10-5-6-14(13(17)8-10)22-11(2)15(19)18-7-3-4-12(9-18)16(20)21/h5-6,8,11-12H,3-4,7,9H2,1-2H3,(H,20,21). The summed E-state index contributed by atoms with van der Waals surface area (Å²) >= 11 is 3.42. The van der Waals surface area contributed by atoms with Gasteiger partial charge >= 0.3 is 5.97 Å². The highest BCUT2D eigenvalue weighted by Crippen LogP contribution is 2.27. The van der Waals surface area contributed by atoms with Crippen molar-refractivity contribution in [2.24, 2.45) is 5.92 Å². The lowest BCUT2D eigenvalue weighted by molar-refractivity contribution is -0.147. The van der Waals surface area contributed by atoms with E-state index in [4.69, 9.17) is 9.84 Å². The number of hydrogen-bond donors (Lipinski definition) is 1. The van der Waals surface area contributed by atoms with Crippen molar-refractivity contribution in [3.63, 3.8) is 0 Å². The van der Waals surface area contributed by atoms with E-state index in [1.165, 1.54) is 0 Å². The lowest BCUT2D eigenvalue weighted by Gasteiger charge is -2.32. The summed E-state index contributed by atoms with van der Waals surface area (Å²) in [6.07, 6.45) is 0.688. The number of rotatable bonds is 4. The second-order valence-corrected chi connectivity index (χ2v) is 6.51. The molecular formula is C16H20BrNO4. The number of nitrogens with zero attached hydrogens (tertiary/aromatic N) is 1. The highest BCUT2D eigenvalue weighted by molar-refractivity contribution is 9.10. The van der Waals surface area contributed by atoms with Crippen molar-refractivity contribution in [2.75, 3.05) is 13.1 Å². The van der Waals surface area contributed by atoms with Crippen LogP contribution in [0.1, 0.15) is 25.3 Å². The number of carbonyl (C=O) groups is 2.